The molecule has 3 nitrogen and oxygen atoms in total. The van der Waals surface area contributed by atoms with Crippen LogP contribution in [0.3, 0.4) is 0 Å². The second-order valence-electron chi connectivity index (χ2n) is 3.12. The second-order valence-corrected chi connectivity index (χ2v) is 3.12. The number of hydrogen-bond acceptors (Lipinski definition) is 2. The minimum atomic E-state index is -0.500. The first-order valence-corrected chi connectivity index (χ1v) is 4.66. The van der Waals surface area contributed by atoms with Gasteiger partial charge in [0.15, 0.2) is 0 Å². The Labute approximate surface area is 85.9 Å². The van der Waals surface area contributed by atoms with Crippen LogP contribution in [-0.4, -0.2) is 17.6 Å². The van der Waals surface area contributed by atoms with Gasteiger partial charge in [-0.2, -0.15) is 0 Å². The molecular weight excluding hydrogens is 197 g/mol. The minimum absolute atomic E-state index is 0.237. The van der Waals surface area contributed by atoms with Crippen LogP contribution in [0.4, 0.5) is 4.39 Å². The fourth-order valence-electron chi connectivity index (χ4n) is 1.46. The van der Waals surface area contributed by atoms with Gasteiger partial charge in [0.1, 0.15) is 5.82 Å². The lowest BCUT2D eigenvalue weighted by molar-refractivity contribution is 0.0526. The summed E-state index contributed by atoms with van der Waals surface area (Å²) in [5.74, 6) is -0.944. The quantitative estimate of drug-likeness (QED) is 0.768. The first kappa shape index (κ1) is 9.71. The molecule has 1 aromatic heterocycles. The number of carbonyl (C=O) groups is 1. The van der Waals surface area contributed by atoms with Crippen molar-refractivity contribution >= 4 is 16.9 Å². The highest BCUT2D eigenvalue weighted by atomic mass is 19.1. The Morgan fingerprint density at radius 3 is 3.07 bits per heavy atom. The van der Waals surface area contributed by atoms with Crippen LogP contribution in [0.25, 0.3) is 10.9 Å². The summed E-state index contributed by atoms with van der Waals surface area (Å²) >= 11 is 0. The summed E-state index contributed by atoms with van der Waals surface area (Å²) in [6, 6.07) is 4.49. The number of H-pyrrole nitrogens is 1. The average Bonchev–Trinajstić information content (AvgIpc) is 2.66. The standard InChI is InChI=1S/C11H10FNO2/c1-2-15-11(14)8-5-7-3-4-13-10(7)9(12)6-8/h3-6,13H,2H2,1H3. The van der Waals surface area contributed by atoms with Gasteiger partial charge >= 0.3 is 5.97 Å². The van der Waals surface area contributed by atoms with E-state index in [2.05, 4.69) is 4.98 Å². The normalized spacial score (nSPS) is 10.5. The maximum Gasteiger partial charge on any atom is 0.338 e. The first-order valence-electron chi connectivity index (χ1n) is 4.66. The predicted molar refractivity (Wildman–Crippen MR) is 54.2 cm³/mol. The van der Waals surface area contributed by atoms with Crippen LogP contribution in [0.1, 0.15) is 17.3 Å². The molecule has 2 rings (SSSR count). The SMILES string of the molecule is CCOC(=O)c1cc(F)c2[nH]ccc2c1. The molecule has 78 valence electrons. The van der Waals surface area contributed by atoms with Gasteiger partial charge in [0.05, 0.1) is 17.7 Å². The van der Waals surface area contributed by atoms with E-state index in [1.807, 2.05) is 0 Å². The molecule has 1 aromatic carbocycles. The van der Waals surface area contributed by atoms with E-state index in [-0.39, 0.29) is 12.2 Å². The summed E-state index contributed by atoms with van der Waals surface area (Å²) in [4.78, 5) is 14.1. The zero-order chi connectivity index (χ0) is 10.8. The van der Waals surface area contributed by atoms with Gasteiger partial charge in [-0.3, -0.25) is 0 Å². The maximum atomic E-state index is 13.4. The summed E-state index contributed by atoms with van der Waals surface area (Å²) in [7, 11) is 0. The Bertz CT molecular complexity index is 504. The Morgan fingerprint density at radius 1 is 1.53 bits per heavy atom. The van der Waals surface area contributed by atoms with E-state index in [4.69, 9.17) is 4.74 Å². The lowest BCUT2D eigenvalue weighted by atomic mass is 10.1. The number of carbonyl (C=O) groups excluding carboxylic acids is 1. The van der Waals surface area contributed by atoms with E-state index in [1.165, 1.54) is 6.07 Å². The zero-order valence-electron chi connectivity index (χ0n) is 8.21. The summed E-state index contributed by atoms with van der Waals surface area (Å²) in [5, 5.41) is 0.665. The van der Waals surface area contributed by atoms with Gasteiger partial charge in [-0.05, 0) is 25.1 Å². The smallest absolute Gasteiger partial charge is 0.338 e. The lowest BCUT2D eigenvalue weighted by Crippen LogP contribution is -2.04. The van der Waals surface area contributed by atoms with E-state index in [0.717, 1.165) is 0 Å². The van der Waals surface area contributed by atoms with Gasteiger partial charge in [0, 0.05) is 11.6 Å². The van der Waals surface area contributed by atoms with Crippen LogP contribution < -0.4 is 0 Å². The third-order valence-corrected chi connectivity index (χ3v) is 2.12. The molecule has 0 unspecified atom stereocenters. The Hall–Kier alpha value is -1.84. The molecular formula is C11H10FNO2. The molecule has 15 heavy (non-hydrogen) atoms. The molecule has 0 fully saturated rings. The van der Waals surface area contributed by atoms with E-state index in [0.29, 0.717) is 10.9 Å². The number of halogens is 1. The lowest BCUT2D eigenvalue weighted by Gasteiger charge is -2.02. The Morgan fingerprint density at radius 2 is 2.33 bits per heavy atom. The topological polar surface area (TPSA) is 42.1 Å². The van der Waals surface area contributed by atoms with E-state index >= 15 is 0 Å². The number of hydrogen-bond donors (Lipinski definition) is 1. The van der Waals surface area contributed by atoms with Crippen molar-refractivity contribution in [1.29, 1.82) is 0 Å². The number of esters is 1. The molecule has 0 saturated carbocycles. The third-order valence-electron chi connectivity index (χ3n) is 2.12. The molecule has 0 amide bonds. The summed E-state index contributed by atoms with van der Waals surface area (Å²) in [6.07, 6.45) is 1.63. The summed E-state index contributed by atoms with van der Waals surface area (Å²) in [6.45, 7) is 1.99. The maximum absolute atomic E-state index is 13.4. The van der Waals surface area contributed by atoms with Gasteiger partial charge in [-0.15, -0.1) is 0 Å². The van der Waals surface area contributed by atoms with Crippen molar-refractivity contribution in [3.05, 3.63) is 35.8 Å². The van der Waals surface area contributed by atoms with Crippen LogP contribution in [0.15, 0.2) is 24.4 Å². The van der Waals surface area contributed by atoms with E-state index in [9.17, 15) is 9.18 Å². The van der Waals surface area contributed by atoms with E-state index < -0.39 is 11.8 Å². The average molecular weight is 207 g/mol. The van der Waals surface area contributed by atoms with E-state index in [1.54, 1.807) is 25.3 Å². The van der Waals surface area contributed by atoms with Crippen molar-refractivity contribution in [3.8, 4) is 0 Å². The fraction of sp³-hybridized carbons (Fsp3) is 0.182. The molecule has 0 atom stereocenters. The number of aromatic amines is 1. The van der Waals surface area contributed by atoms with Gasteiger partial charge in [0.2, 0.25) is 0 Å². The number of aromatic nitrogens is 1. The van der Waals surface area contributed by atoms with Gasteiger partial charge in [-0.1, -0.05) is 0 Å². The highest BCUT2D eigenvalue weighted by Gasteiger charge is 2.11. The predicted octanol–water partition coefficient (Wildman–Crippen LogP) is 2.48. The van der Waals surface area contributed by atoms with Crippen molar-refractivity contribution in [3.63, 3.8) is 0 Å². The molecule has 0 aliphatic rings. The number of nitrogens with one attached hydrogen (secondary N) is 1. The largest absolute Gasteiger partial charge is 0.462 e. The van der Waals surface area contributed by atoms with Crippen LogP contribution in [0.5, 0.6) is 0 Å². The molecule has 4 heteroatoms. The molecule has 0 aliphatic heterocycles. The van der Waals surface area contributed by atoms with Crippen molar-refractivity contribution in [1.82, 2.24) is 4.98 Å². The van der Waals surface area contributed by atoms with Crippen molar-refractivity contribution < 1.29 is 13.9 Å². The van der Waals surface area contributed by atoms with Gasteiger partial charge < -0.3 is 9.72 Å². The number of ether oxygens (including phenoxy) is 1. The molecule has 2 aromatic rings. The third kappa shape index (κ3) is 1.70. The number of rotatable bonds is 2. The van der Waals surface area contributed by atoms with Crippen molar-refractivity contribution in [2.24, 2.45) is 0 Å². The molecule has 0 radical (unpaired) electrons. The van der Waals surface area contributed by atoms with Crippen molar-refractivity contribution in [2.75, 3.05) is 6.61 Å². The summed E-state index contributed by atoms with van der Waals surface area (Å²) in [5.41, 5.74) is 0.643. The highest BCUT2D eigenvalue weighted by Crippen LogP contribution is 2.19. The second kappa shape index (κ2) is 3.73. The molecule has 0 bridgehead atoms. The van der Waals surface area contributed by atoms with Gasteiger partial charge in [-0.25, -0.2) is 9.18 Å². The molecule has 1 heterocycles. The first-order chi connectivity index (χ1) is 7.22. The highest BCUT2D eigenvalue weighted by molar-refractivity contribution is 5.94. The minimum Gasteiger partial charge on any atom is -0.462 e. The Kier molecular flexibility index (Phi) is 2.41. The molecule has 0 aliphatic carbocycles. The Balaban J connectivity index is 2.49. The number of fused-ring (bicyclic) bond motifs is 1. The molecule has 0 saturated heterocycles. The van der Waals surface area contributed by atoms with Crippen LogP contribution in [0.2, 0.25) is 0 Å². The van der Waals surface area contributed by atoms with Crippen LogP contribution in [0, 0.1) is 5.82 Å². The molecule has 0 spiro atoms. The zero-order valence-corrected chi connectivity index (χ0v) is 8.21. The number of benzene rings is 1. The fourth-order valence-corrected chi connectivity index (χ4v) is 1.46. The monoisotopic (exact) mass is 207 g/mol. The van der Waals surface area contributed by atoms with Crippen LogP contribution in [-0.2, 0) is 4.74 Å². The van der Waals surface area contributed by atoms with Gasteiger partial charge in [0.25, 0.3) is 0 Å². The van der Waals surface area contributed by atoms with Crippen LogP contribution >= 0.6 is 0 Å². The van der Waals surface area contributed by atoms with Crippen molar-refractivity contribution in [2.45, 2.75) is 6.92 Å². The molecule has 1 N–H and O–H groups in total. The summed E-state index contributed by atoms with van der Waals surface area (Å²) < 4.78 is 18.2.